The minimum absolute atomic E-state index is 0.159. The number of benzene rings is 1. The summed E-state index contributed by atoms with van der Waals surface area (Å²) in [6, 6.07) is 6.17. The van der Waals surface area contributed by atoms with Crippen LogP contribution in [0.3, 0.4) is 0 Å². The van der Waals surface area contributed by atoms with Crippen LogP contribution in [-0.4, -0.2) is 23.4 Å². The summed E-state index contributed by atoms with van der Waals surface area (Å²) in [7, 11) is 0. The van der Waals surface area contributed by atoms with E-state index in [0.29, 0.717) is 12.0 Å². The SMILES string of the molecule is CCC(CC)N(CC(C)C)C(=O)c1cccc(Br)c1C. The van der Waals surface area contributed by atoms with E-state index in [-0.39, 0.29) is 5.91 Å². The summed E-state index contributed by atoms with van der Waals surface area (Å²) in [4.78, 5) is 15.0. The lowest BCUT2D eigenvalue weighted by atomic mass is 10.0. The van der Waals surface area contributed by atoms with E-state index in [9.17, 15) is 4.79 Å². The van der Waals surface area contributed by atoms with Gasteiger partial charge in [-0.3, -0.25) is 4.79 Å². The molecular formula is C17H26BrNO. The summed E-state index contributed by atoms with van der Waals surface area (Å²) in [5.41, 5.74) is 1.84. The Bertz CT molecular complexity index is 452. The molecule has 1 amide bonds. The minimum Gasteiger partial charge on any atom is -0.335 e. The smallest absolute Gasteiger partial charge is 0.254 e. The van der Waals surface area contributed by atoms with Crippen molar-refractivity contribution in [2.24, 2.45) is 5.92 Å². The van der Waals surface area contributed by atoms with Crippen molar-refractivity contribution in [2.75, 3.05) is 6.54 Å². The standard InChI is InChI=1S/C17H26BrNO/c1-6-14(7-2)19(11-12(3)4)17(20)15-9-8-10-16(18)13(15)5/h8-10,12,14H,6-7,11H2,1-5H3. The van der Waals surface area contributed by atoms with Crippen molar-refractivity contribution in [1.29, 1.82) is 0 Å². The number of carbonyl (C=O) groups excluding carboxylic acids is 1. The van der Waals surface area contributed by atoms with Gasteiger partial charge in [0, 0.05) is 22.6 Å². The molecule has 0 N–H and O–H groups in total. The topological polar surface area (TPSA) is 20.3 Å². The maximum absolute atomic E-state index is 12.9. The predicted molar refractivity (Wildman–Crippen MR) is 89.1 cm³/mol. The number of nitrogens with zero attached hydrogens (tertiary/aromatic N) is 1. The highest BCUT2D eigenvalue weighted by atomic mass is 79.9. The Labute approximate surface area is 131 Å². The second kappa shape index (κ2) is 7.82. The average Bonchev–Trinajstić information content (AvgIpc) is 2.41. The van der Waals surface area contributed by atoms with Gasteiger partial charge in [0.05, 0.1) is 0 Å². The van der Waals surface area contributed by atoms with Gasteiger partial charge in [-0.05, 0) is 43.4 Å². The molecule has 0 aliphatic heterocycles. The van der Waals surface area contributed by atoms with Gasteiger partial charge < -0.3 is 4.90 Å². The number of carbonyl (C=O) groups is 1. The fourth-order valence-corrected chi connectivity index (χ4v) is 2.88. The number of halogens is 1. The van der Waals surface area contributed by atoms with Crippen LogP contribution in [0.5, 0.6) is 0 Å². The highest BCUT2D eigenvalue weighted by Gasteiger charge is 2.24. The molecule has 0 saturated heterocycles. The van der Waals surface area contributed by atoms with E-state index in [1.807, 2.05) is 25.1 Å². The van der Waals surface area contributed by atoms with Gasteiger partial charge in [-0.15, -0.1) is 0 Å². The quantitative estimate of drug-likeness (QED) is 0.710. The Morgan fingerprint density at radius 3 is 2.35 bits per heavy atom. The molecule has 0 heterocycles. The van der Waals surface area contributed by atoms with Crippen molar-refractivity contribution in [1.82, 2.24) is 4.90 Å². The second-order valence-electron chi connectivity index (χ2n) is 5.73. The summed E-state index contributed by atoms with van der Waals surface area (Å²) in [5.74, 6) is 0.637. The summed E-state index contributed by atoms with van der Waals surface area (Å²) in [6.07, 6.45) is 2.00. The molecule has 20 heavy (non-hydrogen) atoms. The Morgan fingerprint density at radius 2 is 1.85 bits per heavy atom. The van der Waals surface area contributed by atoms with E-state index in [1.54, 1.807) is 0 Å². The first-order valence-corrected chi connectivity index (χ1v) is 8.27. The molecule has 0 saturated carbocycles. The number of rotatable bonds is 6. The lowest BCUT2D eigenvalue weighted by Crippen LogP contribution is -2.42. The first kappa shape index (κ1) is 17.2. The molecule has 0 atom stereocenters. The lowest BCUT2D eigenvalue weighted by Gasteiger charge is -2.32. The minimum atomic E-state index is 0.159. The van der Waals surface area contributed by atoms with E-state index < -0.39 is 0 Å². The summed E-state index contributed by atoms with van der Waals surface area (Å²) >= 11 is 3.51. The average molecular weight is 340 g/mol. The van der Waals surface area contributed by atoms with Crippen molar-refractivity contribution < 1.29 is 4.79 Å². The normalized spacial score (nSPS) is 11.2. The van der Waals surface area contributed by atoms with Gasteiger partial charge >= 0.3 is 0 Å². The van der Waals surface area contributed by atoms with E-state index in [1.165, 1.54) is 0 Å². The van der Waals surface area contributed by atoms with Crippen LogP contribution in [-0.2, 0) is 0 Å². The molecule has 0 aromatic heterocycles. The van der Waals surface area contributed by atoms with Crippen LogP contribution in [0.2, 0.25) is 0 Å². The molecule has 1 rings (SSSR count). The molecule has 112 valence electrons. The molecule has 1 aromatic rings. The van der Waals surface area contributed by atoms with Gasteiger partial charge in [-0.2, -0.15) is 0 Å². The highest BCUT2D eigenvalue weighted by Crippen LogP contribution is 2.23. The fourth-order valence-electron chi connectivity index (χ4n) is 2.51. The zero-order valence-electron chi connectivity index (χ0n) is 13.2. The first-order chi connectivity index (χ1) is 9.42. The Balaban J connectivity index is 3.12. The third-order valence-corrected chi connectivity index (χ3v) is 4.56. The van der Waals surface area contributed by atoms with Crippen LogP contribution in [0.1, 0.15) is 56.5 Å². The van der Waals surface area contributed by atoms with Gasteiger partial charge in [0.25, 0.3) is 5.91 Å². The van der Waals surface area contributed by atoms with Crippen molar-refractivity contribution in [2.45, 2.75) is 53.5 Å². The molecule has 0 fully saturated rings. The summed E-state index contributed by atoms with van der Waals surface area (Å²) in [6.45, 7) is 11.5. The maximum Gasteiger partial charge on any atom is 0.254 e. The predicted octanol–water partition coefficient (Wildman–Crippen LogP) is 5.04. The fraction of sp³-hybridized carbons (Fsp3) is 0.588. The Hall–Kier alpha value is -0.830. The van der Waals surface area contributed by atoms with Crippen LogP contribution in [0, 0.1) is 12.8 Å². The molecule has 2 nitrogen and oxygen atoms in total. The second-order valence-corrected chi connectivity index (χ2v) is 6.59. The first-order valence-electron chi connectivity index (χ1n) is 7.48. The highest BCUT2D eigenvalue weighted by molar-refractivity contribution is 9.10. The third kappa shape index (κ3) is 4.08. The third-order valence-electron chi connectivity index (χ3n) is 3.70. The zero-order valence-corrected chi connectivity index (χ0v) is 14.8. The molecule has 0 unspecified atom stereocenters. The zero-order chi connectivity index (χ0) is 15.3. The van der Waals surface area contributed by atoms with Crippen LogP contribution in [0.15, 0.2) is 22.7 Å². The Morgan fingerprint density at radius 1 is 1.25 bits per heavy atom. The molecule has 0 aliphatic carbocycles. The van der Waals surface area contributed by atoms with E-state index >= 15 is 0 Å². The molecule has 0 radical (unpaired) electrons. The van der Waals surface area contributed by atoms with Crippen molar-refractivity contribution in [3.8, 4) is 0 Å². The Kier molecular flexibility index (Phi) is 6.74. The molecule has 3 heteroatoms. The van der Waals surface area contributed by atoms with Gasteiger partial charge in [0.2, 0.25) is 0 Å². The molecule has 0 aliphatic rings. The monoisotopic (exact) mass is 339 g/mol. The van der Waals surface area contributed by atoms with Gasteiger partial charge in [0.15, 0.2) is 0 Å². The van der Waals surface area contributed by atoms with Crippen LogP contribution in [0.25, 0.3) is 0 Å². The van der Waals surface area contributed by atoms with Crippen LogP contribution in [0.4, 0.5) is 0 Å². The summed E-state index contributed by atoms with van der Waals surface area (Å²) in [5, 5.41) is 0. The van der Waals surface area contributed by atoms with E-state index in [2.05, 4.69) is 48.5 Å². The number of amides is 1. The van der Waals surface area contributed by atoms with Crippen molar-refractivity contribution >= 4 is 21.8 Å². The number of hydrogen-bond donors (Lipinski definition) is 0. The number of hydrogen-bond acceptors (Lipinski definition) is 1. The molecule has 1 aromatic carbocycles. The van der Waals surface area contributed by atoms with E-state index in [4.69, 9.17) is 0 Å². The van der Waals surface area contributed by atoms with E-state index in [0.717, 1.165) is 35.0 Å². The van der Waals surface area contributed by atoms with Crippen LogP contribution >= 0.6 is 15.9 Å². The van der Waals surface area contributed by atoms with Crippen molar-refractivity contribution in [3.05, 3.63) is 33.8 Å². The van der Waals surface area contributed by atoms with Crippen molar-refractivity contribution in [3.63, 3.8) is 0 Å². The lowest BCUT2D eigenvalue weighted by molar-refractivity contribution is 0.0639. The van der Waals surface area contributed by atoms with Gasteiger partial charge in [0.1, 0.15) is 0 Å². The van der Waals surface area contributed by atoms with Gasteiger partial charge in [-0.1, -0.05) is 49.7 Å². The molecular weight excluding hydrogens is 314 g/mol. The molecule has 0 spiro atoms. The largest absolute Gasteiger partial charge is 0.335 e. The summed E-state index contributed by atoms with van der Waals surface area (Å²) < 4.78 is 0.998. The van der Waals surface area contributed by atoms with Gasteiger partial charge in [-0.25, -0.2) is 0 Å². The molecule has 0 bridgehead atoms. The van der Waals surface area contributed by atoms with Crippen LogP contribution < -0.4 is 0 Å². The maximum atomic E-state index is 12.9.